The molecule has 0 radical (unpaired) electrons. The molecule has 4 N–H and O–H groups in total. The van der Waals surface area contributed by atoms with Gasteiger partial charge in [-0.1, -0.05) is 30.4 Å². The maximum Gasteiger partial charge on any atom is 0.434 e. The Balaban J connectivity index is 1.30. The zero-order chi connectivity index (χ0) is 40.1. The third-order valence-electron chi connectivity index (χ3n) is 10.5. The third-order valence-corrected chi connectivity index (χ3v) is 13.3. The minimum absolute atomic E-state index is 0.0436. The van der Waals surface area contributed by atoms with Crippen molar-refractivity contribution in [3.05, 3.63) is 94.7 Å². The molecule has 2 aliphatic carbocycles. The van der Waals surface area contributed by atoms with Crippen LogP contribution in [-0.4, -0.2) is 94.5 Å². The SMILES string of the molecule is CC12CCC(C=CC=CC=C3CCC4(C)C3=[N+](CCS(=O)(=O)O)c3ccc(OCS(=O)(=O)O)cc34)=C1N(CCS(=O)(=O)O)c1ccc(S(=O)C(=O)OO)cc12. The molecule has 296 valence electrons. The van der Waals surface area contributed by atoms with Crippen molar-refractivity contribution in [3.63, 3.8) is 0 Å². The Labute approximate surface area is 320 Å². The van der Waals surface area contributed by atoms with Gasteiger partial charge in [-0.3, -0.25) is 18.5 Å². The van der Waals surface area contributed by atoms with Crippen molar-refractivity contribution >= 4 is 63.5 Å². The fraction of sp³-hybridized carbons (Fsp3) is 0.371. The van der Waals surface area contributed by atoms with Gasteiger partial charge in [0.2, 0.25) is 11.6 Å². The van der Waals surface area contributed by atoms with Gasteiger partial charge in [-0.05, 0) is 81.0 Å². The first-order valence-corrected chi connectivity index (χ1v) is 22.9. The van der Waals surface area contributed by atoms with Crippen molar-refractivity contribution in [1.82, 2.24) is 0 Å². The average Bonchev–Trinajstić information content (AvgIpc) is 3.77. The second kappa shape index (κ2) is 14.8. The molecule has 6 rings (SSSR count). The Bertz CT molecular complexity index is 2490. The molecule has 20 heteroatoms. The number of ether oxygens (including phenoxy) is 1. The molecule has 0 saturated heterocycles. The fourth-order valence-electron chi connectivity index (χ4n) is 8.13. The number of benzene rings is 2. The molecule has 0 aromatic heterocycles. The molecule has 0 bridgehead atoms. The van der Waals surface area contributed by atoms with Gasteiger partial charge in [-0.15, -0.1) is 0 Å². The zero-order valence-electron chi connectivity index (χ0n) is 29.6. The number of hydrogen-bond acceptors (Lipinski definition) is 12. The lowest BCUT2D eigenvalue weighted by Crippen LogP contribution is -2.30. The molecular weight excluding hydrogens is 801 g/mol. The largest absolute Gasteiger partial charge is 0.475 e. The molecule has 2 aliphatic heterocycles. The van der Waals surface area contributed by atoms with Crippen molar-refractivity contribution < 1.29 is 67.4 Å². The Morgan fingerprint density at radius 3 is 2.27 bits per heavy atom. The van der Waals surface area contributed by atoms with Gasteiger partial charge < -0.3 is 9.64 Å². The van der Waals surface area contributed by atoms with Crippen LogP contribution in [0.25, 0.3) is 0 Å². The molecular formula is C35H39N2O14S4+. The smallest absolute Gasteiger partial charge is 0.434 e. The van der Waals surface area contributed by atoms with Crippen LogP contribution in [0.5, 0.6) is 5.75 Å². The first-order valence-electron chi connectivity index (χ1n) is 16.9. The first kappa shape index (κ1) is 40.6. The van der Waals surface area contributed by atoms with E-state index in [2.05, 4.69) is 4.89 Å². The van der Waals surface area contributed by atoms with Crippen molar-refractivity contribution in [2.75, 3.05) is 35.4 Å². The van der Waals surface area contributed by atoms with E-state index < -0.39 is 74.7 Å². The molecule has 1 fully saturated rings. The van der Waals surface area contributed by atoms with Crippen LogP contribution in [0.15, 0.2) is 88.5 Å². The molecule has 2 aromatic rings. The monoisotopic (exact) mass is 839 g/mol. The van der Waals surface area contributed by atoms with Crippen LogP contribution in [0.3, 0.4) is 0 Å². The minimum Gasteiger partial charge on any atom is -0.475 e. The summed E-state index contributed by atoms with van der Waals surface area (Å²) in [5.74, 6) is -1.82. The molecule has 3 unspecified atom stereocenters. The van der Waals surface area contributed by atoms with Gasteiger partial charge in [-0.2, -0.15) is 35.1 Å². The van der Waals surface area contributed by atoms with E-state index >= 15 is 0 Å². The van der Waals surface area contributed by atoms with Crippen LogP contribution >= 0.6 is 0 Å². The maximum atomic E-state index is 12.6. The van der Waals surface area contributed by atoms with E-state index in [9.17, 15) is 43.4 Å². The minimum atomic E-state index is -4.40. The van der Waals surface area contributed by atoms with Crippen LogP contribution in [0.4, 0.5) is 16.2 Å². The molecule has 2 heterocycles. The highest BCUT2D eigenvalue weighted by Crippen LogP contribution is 2.56. The van der Waals surface area contributed by atoms with Crippen molar-refractivity contribution in [2.24, 2.45) is 0 Å². The number of anilines is 1. The van der Waals surface area contributed by atoms with Crippen molar-refractivity contribution in [3.8, 4) is 5.75 Å². The molecule has 55 heavy (non-hydrogen) atoms. The van der Waals surface area contributed by atoms with Gasteiger partial charge in [0.15, 0.2) is 23.1 Å². The summed E-state index contributed by atoms with van der Waals surface area (Å²) in [6, 6.07) is 9.49. The van der Waals surface area contributed by atoms with Gasteiger partial charge in [0.25, 0.3) is 20.2 Å². The average molecular weight is 840 g/mol. The van der Waals surface area contributed by atoms with E-state index in [0.29, 0.717) is 42.6 Å². The highest BCUT2D eigenvalue weighted by Gasteiger charge is 2.54. The van der Waals surface area contributed by atoms with Crippen LogP contribution in [0.1, 0.15) is 50.7 Å². The summed E-state index contributed by atoms with van der Waals surface area (Å²) < 4.78 is 118. The molecule has 0 spiro atoms. The maximum absolute atomic E-state index is 12.6. The highest BCUT2D eigenvalue weighted by molar-refractivity contribution is 7.99. The van der Waals surface area contributed by atoms with E-state index in [1.165, 1.54) is 12.1 Å². The predicted octanol–water partition coefficient (Wildman–Crippen LogP) is 4.42. The van der Waals surface area contributed by atoms with E-state index in [1.807, 2.05) is 48.8 Å². The Morgan fingerprint density at radius 2 is 1.60 bits per heavy atom. The molecule has 3 atom stereocenters. The Morgan fingerprint density at radius 1 is 0.891 bits per heavy atom. The number of hydrogen-bond donors (Lipinski definition) is 4. The van der Waals surface area contributed by atoms with Crippen LogP contribution in [0.2, 0.25) is 0 Å². The molecule has 0 amide bonds. The topological polar surface area (TPSA) is 242 Å². The highest BCUT2D eigenvalue weighted by atomic mass is 32.2. The van der Waals surface area contributed by atoms with Gasteiger partial charge in [0.1, 0.15) is 11.5 Å². The molecule has 16 nitrogen and oxygen atoms in total. The number of rotatable bonds is 13. The van der Waals surface area contributed by atoms with Crippen LogP contribution in [0, 0.1) is 0 Å². The standard InChI is InChI=1S/C35H38N2O14S4/c1-34-14-12-23(31(34)36(16-18-53(41,42)43)29-10-8-25(20-27(29)34)50-22-55(47,48)49)6-4-3-5-7-24-13-15-35(2)28-21-26(52(40)33(38)51-39)9-11-30(28)37(32(24)35)17-19-54(44,45)46/h3-11,20-21H,12-19,22H2,1-2H3,(H3-,39,41,42,43,44,45,46,47,48,49)/p+1. The normalized spacial score (nSPS) is 23.5. The lowest BCUT2D eigenvalue weighted by atomic mass is 9.80. The van der Waals surface area contributed by atoms with Crippen molar-refractivity contribution in [1.29, 1.82) is 0 Å². The number of carbonyl (C=O) groups is 1. The van der Waals surface area contributed by atoms with E-state index in [0.717, 1.165) is 28.1 Å². The van der Waals surface area contributed by atoms with E-state index in [-0.39, 0.29) is 23.7 Å². The molecule has 2 aromatic carbocycles. The van der Waals surface area contributed by atoms with E-state index in [4.69, 9.17) is 14.5 Å². The summed E-state index contributed by atoms with van der Waals surface area (Å²) in [5.41, 5.74) is 4.94. The zero-order valence-corrected chi connectivity index (χ0v) is 32.9. The van der Waals surface area contributed by atoms with Crippen molar-refractivity contribution in [2.45, 2.75) is 55.3 Å². The number of carbonyl (C=O) groups excluding carboxylic acids is 1. The lowest BCUT2D eigenvalue weighted by molar-refractivity contribution is -0.432. The van der Waals surface area contributed by atoms with Crippen LogP contribution in [-0.2, 0) is 56.9 Å². The van der Waals surface area contributed by atoms with Gasteiger partial charge in [0, 0.05) is 40.5 Å². The lowest BCUT2D eigenvalue weighted by Gasteiger charge is -2.26. The Kier molecular flexibility index (Phi) is 10.9. The summed E-state index contributed by atoms with van der Waals surface area (Å²) in [6.45, 7) is 3.83. The van der Waals surface area contributed by atoms with Gasteiger partial charge in [0.05, 0.1) is 16.1 Å². The quantitative estimate of drug-likeness (QED) is 0.0718. The molecule has 1 saturated carbocycles. The summed E-state index contributed by atoms with van der Waals surface area (Å²) >= 11 is 0. The number of fused-ring (bicyclic) bond motifs is 6. The fourth-order valence-corrected chi connectivity index (χ4v) is 9.92. The number of allylic oxidation sites excluding steroid dienone is 8. The summed E-state index contributed by atoms with van der Waals surface area (Å²) in [5, 5.41) is 7.41. The third kappa shape index (κ3) is 8.27. The van der Waals surface area contributed by atoms with E-state index in [1.54, 1.807) is 29.2 Å². The molecule has 4 aliphatic rings. The van der Waals surface area contributed by atoms with Gasteiger partial charge in [-0.25, -0.2) is 9.00 Å². The second-order valence-electron chi connectivity index (χ2n) is 14.0. The Hall–Kier alpha value is -4.02. The number of nitrogens with zero attached hydrogens (tertiary/aromatic N) is 2. The van der Waals surface area contributed by atoms with Gasteiger partial charge >= 0.3 is 15.4 Å². The summed E-state index contributed by atoms with van der Waals surface area (Å²) in [6.07, 6.45) is 11.7. The summed E-state index contributed by atoms with van der Waals surface area (Å²) in [4.78, 5) is 17.4. The predicted molar refractivity (Wildman–Crippen MR) is 202 cm³/mol. The first-order chi connectivity index (χ1) is 25.6. The van der Waals surface area contributed by atoms with Crippen LogP contribution < -0.4 is 9.64 Å². The summed E-state index contributed by atoms with van der Waals surface area (Å²) in [7, 11) is -15.3. The second-order valence-corrected chi connectivity index (χ2v) is 19.9.